The number of hydroxylamine groups is 1. The first-order valence-electron chi connectivity index (χ1n) is 7.30. The first-order chi connectivity index (χ1) is 12.0. The normalized spacial score (nSPS) is 10.5. The third-order valence-electron chi connectivity index (χ3n) is 3.47. The number of hydrogen-bond acceptors (Lipinski definition) is 6. The number of nitro benzene ring substituents is 1. The van der Waals surface area contributed by atoms with Gasteiger partial charge >= 0.3 is 0 Å². The van der Waals surface area contributed by atoms with E-state index < -0.39 is 4.92 Å². The molecule has 25 heavy (non-hydrogen) atoms. The highest BCUT2D eigenvalue weighted by Gasteiger charge is 2.18. The van der Waals surface area contributed by atoms with Gasteiger partial charge in [0.2, 0.25) is 0 Å². The number of aromatic nitrogens is 3. The molecule has 9 heteroatoms. The van der Waals surface area contributed by atoms with E-state index in [1.54, 1.807) is 42.3 Å². The van der Waals surface area contributed by atoms with Crippen molar-refractivity contribution in [3.63, 3.8) is 0 Å². The van der Waals surface area contributed by atoms with E-state index in [4.69, 9.17) is 4.84 Å². The molecule has 8 nitrogen and oxygen atoms in total. The predicted octanol–water partition coefficient (Wildman–Crippen LogP) is 3.43. The van der Waals surface area contributed by atoms with Crippen LogP contribution >= 0.6 is 15.9 Å². The zero-order valence-corrected chi connectivity index (χ0v) is 14.8. The summed E-state index contributed by atoms with van der Waals surface area (Å²) in [6, 6.07) is 12.0. The lowest BCUT2D eigenvalue weighted by atomic mass is 10.2. The van der Waals surface area contributed by atoms with Crippen molar-refractivity contribution >= 4 is 27.3 Å². The molecule has 0 spiro atoms. The SMILES string of the molecule is CN(Oc1ccc(Br)cc1Cn1cncn1)c1ccccc1[N+](=O)[O-]. The molecule has 2 aromatic carbocycles. The van der Waals surface area contributed by atoms with Gasteiger partial charge in [-0.15, -0.1) is 0 Å². The first kappa shape index (κ1) is 16.9. The summed E-state index contributed by atoms with van der Waals surface area (Å²) in [4.78, 5) is 20.6. The molecule has 0 amide bonds. The average Bonchev–Trinajstić information content (AvgIpc) is 3.10. The third-order valence-corrected chi connectivity index (χ3v) is 3.97. The van der Waals surface area contributed by atoms with Crippen molar-refractivity contribution in [2.24, 2.45) is 0 Å². The van der Waals surface area contributed by atoms with Crippen LogP contribution < -0.4 is 9.90 Å². The molecule has 0 aliphatic carbocycles. The molecule has 0 bridgehead atoms. The monoisotopic (exact) mass is 403 g/mol. The number of anilines is 1. The minimum Gasteiger partial charge on any atom is -0.379 e. The lowest BCUT2D eigenvalue weighted by Crippen LogP contribution is -2.23. The largest absolute Gasteiger partial charge is 0.379 e. The maximum absolute atomic E-state index is 11.2. The van der Waals surface area contributed by atoms with Crippen molar-refractivity contribution in [2.75, 3.05) is 12.1 Å². The van der Waals surface area contributed by atoms with Gasteiger partial charge in [-0.3, -0.25) is 10.1 Å². The Balaban J connectivity index is 1.89. The van der Waals surface area contributed by atoms with Gasteiger partial charge in [-0.25, -0.2) is 14.7 Å². The van der Waals surface area contributed by atoms with Crippen LogP contribution in [-0.4, -0.2) is 26.7 Å². The van der Waals surface area contributed by atoms with Gasteiger partial charge in [0.15, 0.2) is 11.4 Å². The van der Waals surface area contributed by atoms with Crippen LogP contribution in [0, 0.1) is 10.1 Å². The third kappa shape index (κ3) is 3.94. The number of nitrogens with zero attached hydrogens (tertiary/aromatic N) is 5. The molecule has 0 aliphatic rings. The van der Waals surface area contributed by atoms with Crippen molar-refractivity contribution in [3.8, 4) is 5.75 Å². The van der Waals surface area contributed by atoms with Gasteiger partial charge in [0.1, 0.15) is 12.7 Å². The summed E-state index contributed by atoms with van der Waals surface area (Å²) in [6.45, 7) is 0.458. The lowest BCUT2D eigenvalue weighted by molar-refractivity contribution is -0.384. The Morgan fingerprint density at radius 3 is 2.84 bits per heavy atom. The van der Waals surface area contributed by atoms with Gasteiger partial charge in [0, 0.05) is 23.2 Å². The van der Waals surface area contributed by atoms with E-state index in [2.05, 4.69) is 26.0 Å². The van der Waals surface area contributed by atoms with Crippen molar-refractivity contribution in [2.45, 2.75) is 6.54 Å². The second kappa shape index (κ2) is 7.31. The van der Waals surface area contributed by atoms with Crippen LogP contribution in [-0.2, 0) is 6.54 Å². The second-order valence-corrected chi connectivity index (χ2v) is 6.10. The Morgan fingerprint density at radius 1 is 1.32 bits per heavy atom. The zero-order valence-electron chi connectivity index (χ0n) is 13.2. The summed E-state index contributed by atoms with van der Waals surface area (Å²) < 4.78 is 2.56. The van der Waals surface area contributed by atoms with E-state index in [0.29, 0.717) is 18.0 Å². The van der Waals surface area contributed by atoms with Crippen LogP contribution in [0.2, 0.25) is 0 Å². The molecule has 3 aromatic rings. The topological polar surface area (TPSA) is 86.3 Å². The van der Waals surface area contributed by atoms with Crippen LogP contribution in [0.4, 0.5) is 11.4 Å². The highest BCUT2D eigenvalue weighted by molar-refractivity contribution is 9.10. The summed E-state index contributed by atoms with van der Waals surface area (Å²) >= 11 is 3.44. The maximum atomic E-state index is 11.2. The van der Waals surface area contributed by atoms with Gasteiger partial charge in [0.25, 0.3) is 5.69 Å². The number of halogens is 1. The Labute approximate surface area is 151 Å². The summed E-state index contributed by atoms with van der Waals surface area (Å²) in [5.74, 6) is 0.569. The van der Waals surface area contributed by atoms with E-state index in [1.165, 1.54) is 17.5 Å². The molecular formula is C16H14BrN5O3. The van der Waals surface area contributed by atoms with E-state index in [-0.39, 0.29) is 5.69 Å². The highest BCUT2D eigenvalue weighted by atomic mass is 79.9. The molecule has 0 unspecified atom stereocenters. The molecule has 0 fully saturated rings. The van der Waals surface area contributed by atoms with Gasteiger partial charge in [-0.05, 0) is 24.3 Å². The van der Waals surface area contributed by atoms with E-state index >= 15 is 0 Å². The van der Waals surface area contributed by atoms with Crippen molar-refractivity contribution in [1.29, 1.82) is 0 Å². The Hall–Kier alpha value is -2.94. The second-order valence-electron chi connectivity index (χ2n) is 5.18. The molecule has 0 saturated heterocycles. The molecule has 1 heterocycles. The molecule has 0 atom stereocenters. The van der Waals surface area contributed by atoms with Crippen molar-refractivity contribution < 1.29 is 9.76 Å². The summed E-state index contributed by atoms with van der Waals surface area (Å²) in [5, 5.41) is 16.7. The zero-order chi connectivity index (χ0) is 17.8. The molecule has 0 saturated carbocycles. The highest BCUT2D eigenvalue weighted by Crippen LogP contribution is 2.30. The Kier molecular flexibility index (Phi) is 4.94. The standard InChI is InChI=1S/C16H14BrN5O3/c1-20(14-4-2-3-5-15(14)22(23)24)25-16-7-6-13(17)8-12(16)9-21-11-18-10-19-21/h2-8,10-11H,9H2,1H3. The van der Waals surface area contributed by atoms with Crippen molar-refractivity contribution in [3.05, 3.63) is 75.3 Å². The minimum absolute atomic E-state index is 0.0278. The minimum atomic E-state index is -0.437. The van der Waals surface area contributed by atoms with Gasteiger partial charge in [0.05, 0.1) is 11.5 Å². The fourth-order valence-corrected chi connectivity index (χ4v) is 2.74. The van der Waals surface area contributed by atoms with E-state index in [1.807, 2.05) is 12.1 Å². The lowest BCUT2D eigenvalue weighted by Gasteiger charge is -2.21. The Bertz CT molecular complexity index is 885. The van der Waals surface area contributed by atoms with Gasteiger partial charge in [-0.2, -0.15) is 5.10 Å². The van der Waals surface area contributed by atoms with Crippen LogP contribution in [0.1, 0.15) is 5.56 Å². The summed E-state index contributed by atoms with van der Waals surface area (Å²) in [5.41, 5.74) is 1.19. The molecule has 0 aliphatic heterocycles. The predicted molar refractivity (Wildman–Crippen MR) is 95.4 cm³/mol. The fraction of sp³-hybridized carbons (Fsp3) is 0.125. The van der Waals surface area contributed by atoms with Crippen LogP contribution in [0.25, 0.3) is 0 Å². The molecular weight excluding hydrogens is 390 g/mol. The molecule has 0 N–H and O–H groups in total. The van der Waals surface area contributed by atoms with Crippen LogP contribution in [0.15, 0.2) is 59.6 Å². The summed E-state index contributed by atoms with van der Waals surface area (Å²) in [7, 11) is 1.63. The first-order valence-corrected chi connectivity index (χ1v) is 8.10. The van der Waals surface area contributed by atoms with Crippen LogP contribution in [0.5, 0.6) is 5.75 Å². The van der Waals surface area contributed by atoms with Gasteiger partial charge < -0.3 is 4.84 Å². The summed E-state index contributed by atoms with van der Waals surface area (Å²) in [6.07, 6.45) is 3.06. The number of benzene rings is 2. The fourth-order valence-electron chi connectivity index (χ4n) is 2.33. The van der Waals surface area contributed by atoms with E-state index in [9.17, 15) is 10.1 Å². The molecule has 128 valence electrons. The number of hydrogen-bond donors (Lipinski definition) is 0. The maximum Gasteiger partial charge on any atom is 0.295 e. The van der Waals surface area contributed by atoms with Gasteiger partial charge in [-0.1, -0.05) is 28.1 Å². The van der Waals surface area contributed by atoms with Crippen molar-refractivity contribution in [1.82, 2.24) is 14.8 Å². The smallest absolute Gasteiger partial charge is 0.295 e. The molecule has 1 aromatic heterocycles. The Morgan fingerprint density at radius 2 is 2.12 bits per heavy atom. The number of rotatable bonds is 6. The van der Waals surface area contributed by atoms with Crippen LogP contribution in [0.3, 0.4) is 0 Å². The van der Waals surface area contributed by atoms with E-state index in [0.717, 1.165) is 10.0 Å². The molecule has 3 rings (SSSR count). The average molecular weight is 404 g/mol. The molecule has 0 radical (unpaired) electrons. The number of para-hydroxylation sites is 2. The quantitative estimate of drug-likeness (QED) is 0.462. The number of nitro groups is 1.